The van der Waals surface area contributed by atoms with Crippen LogP contribution in [0.15, 0.2) is 71.8 Å². The Morgan fingerprint density at radius 3 is 2.45 bits per heavy atom. The van der Waals surface area contributed by atoms with Gasteiger partial charge < -0.3 is 9.67 Å². The Morgan fingerprint density at radius 2 is 1.79 bits per heavy atom. The summed E-state index contributed by atoms with van der Waals surface area (Å²) in [4.78, 5) is 9.07. The molecule has 0 amide bonds. The van der Waals surface area contributed by atoms with Gasteiger partial charge in [0.1, 0.15) is 0 Å². The Balaban J connectivity index is 2.06. The average molecular weight is 408 g/mol. The summed E-state index contributed by atoms with van der Waals surface area (Å²) in [6, 6.07) is 17.3. The van der Waals surface area contributed by atoms with Crippen LogP contribution in [0, 0.1) is 6.92 Å². The maximum Gasteiger partial charge on any atom is 0.238 e. The molecule has 2 aromatic carbocycles. The molecule has 0 spiro atoms. The fourth-order valence-electron chi connectivity index (χ4n) is 3.59. The van der Waals surface area contributed by atoms with E-state index in [1.54, 1.807) is 29.9 Å². The molecule has 0 radical (unpaired) electrons. The molecule has 4 aromatic rings. The lowest BCUT2D eigenvalue weighted by molar-refractivity contribution is 0.107. The molecule has 0 saturated carbocycles. The van der Waals surface area contributed by atoms with Crippen LogP contribution in [-0.2, 0) is 22.7 Å². The lowest BCUT2D eigenvalue weighted by Crippen LogP contribution is -2.34. The van der Waals surface area contributed by atoms with Crippen LogP contribution in [0.3, 0.4) is 0 Å². The molecule has 3 N–H and O–H groups in total. The van der Waals surface area contributed by atoms with E-state index in [1.165, 1.54) is 12.1 Å². The molecule has 4 rings (SSSR count). The number of aryl methyl sites for hydroxylation is 2. The predicted molar refractivity (Wildman–Crippen MR) is 110 cm³/mol. The first-order chi connectivity index (χ1) is 13.7. The van der Waals surface area contributed by atoms with Crippen molar-refractivity contribution in [2.24, 2.45) is 12.2 Å². The molecule has 29 heavy (non-hydrogen) atoms. The van der Waals surface area contributed by atoms with Crippen LogP contribution in [0.5, 0.6) is 0 Å². The highest BCUT2D eigenvalue weighted by Crippen LogP contribution is 2.37. The lowest BCUT2D eigenvalue weighted by atomic mass is 9.86. The molecule has 0 bridgehead atoms. The van der Waals surface area contributed by atoms with E-state index in [-0.39, 0.29) is 4.90 Å². The van der Waals surface area contributed by atoms with Crippen molar-refractivity contribution in [1.29, 1.82) is 0 Å². The highest BCUT2D eigenvalue weighted by molar-refractivity contribution is 7.89. The number of nitrogens with two attached hydrogens (primary N) is 1. The van der Waals surface area contributed by atoms with Gasteiger partial charge in [-0.25, -0.2) is 18.5 Å². The molecule has 2 aromatic heterocycles. The number of aromatic nitrogens is 3. The van der Waals surface area contributed by atoms with Gasteiger partial charge in [-0.3, -0.25) is 4.98 Å². The summed E-state index contributed by atoms with van der Waals surface area (Å²) >= 11 is 0. The maximum absolute atomic E-state index is 12.0. The fourth-order valence-corrected chi connectivity index (χ4v) is 4.12. The number of benzene rings is 2. The fraction of sp³-hybridized carbons (Fsp3) is 0.143. The van der Waals surface area contributed by atoms with E-state index < -0.39 is 15.6 Å². The van der Waals surface area contributed by atoms with E-state index in [0.717, 1.165) is 5.56 Å². The van der Waals surface area contributed by atoms with E-state index in [9.17, 15) is 13.5 Å². The molecule has 1 atom stereocenters. The Hall–Kier alpha value is -3.07. The van der Waals surface area contributed by atoms with Gasteiger partial charge in [-0.1, -0.05) is 36.4 Å². The van der Waals surface area contributed by atoms with Gasteiger partial charge in [0.2, 0.25) is 10.0 Å². The van der Waals surface area contributed by atoms with Crippen molar-refractivity contribution in [2.75, 3.05) is 0 Å². The minimum atomic E-state index is -3.86. The smallest absolute Gasteiger partial charge is 0.238 e. The molecular weight excluding hydrogens is 388 g/mol. The second-order valence-corrected chi connectivity index (χ2v) is 8.50. The quantitative estimate of drug-likeness (QED) is 0.538. The Bertz CT molecular complexity index is 1320. The van der Waals surface area contributed by atoms with Crippen LogP contribution in [0.1, 0.15) is 22.6 Å². The summed E-state index contributed by atoms with van der Waals surface area (Å²) in [6.45, 7) is 1.87. The van der Waals surface area contributed by atoms with E-state index in [2.05, 4.69) is 9.97 Å². The van der Waals surface area contributed by atoms with Gasteiger partial charge in [0.25, 0.3) is 0 Å². The molecule has 2 heterocycles. The number of sulfonamides is 1. The highest BCUT2D eigenvalue weighted by atomic mass is 32.2. The zero-order valence-corrected chi connectivity index (χ0v) is 16.8. The molecule has 0 fully saturated rings. The first-order valence-electron chi connectivity index (χ1n) is 8.92. The SMILES string of the molecule is Cc1cccnc1C(O)(c1ccccc1)c1nc2ccc(S(N)(=O)=O)cc2n1C. The third-order valence-electron chi connectivity index (χ3n) is 5.05. The molecule has 0 aliphatic heterocycles. The monoisotopic (exact) mass is 408 g/mol. The number of hydrogen-bond acceptors (Lipinski definition) is 5. The van der Waals surface area contributed by atoms with Gasteiger partial charge in [-0.05, 0) is 42.3 Å². The van der Waals surface area contributed by atoms with E-state index in [4.69, 9.17) is 5.14 Å². The number of fused-ring (bicyclic) bond motifs is 1. The van der Waals surface area contributed by atoms with Crippen molar-refractivity contribution in [1.82, 2.24) is 14.5 Å². The van der Waals surface area contributed by atoms with E-state index >= 15 is 0 Å². The maximum atomic E-state index is 12.0. The number of hydrogen-bond donors (Lipinski definition) is 2. The minimum absolute atomic E-state index is 0.0168. The zero-order chi connectivity index (χ0) is 20.8. The van der Waals surface area contributed by atoms with Crippen molar-refractivity contribution in [3.8, 4) is 0 Å². The number of nitrogens with zero attached hydrogens (tertiary/aromatic N) is 3. The van der Waals surface area contributed by atoms with Gasteiger partial charge >= 0.3 is 0 Å². The van der Waals surface area contributed by atoms with Crippen LogP contribution in [-0.4, -0.2) is 28.1 Å². The number of rotatable bonds is 4. The normalized spacial score (nSPS) is 14.1. The van der Waals surface area contributed by atoms with Crippen molar-refractivity contribution in [3.05, 3.63) is 89.5 Å². The van der Waals surface area contributed by atoms with Crippen molar-refractivity contribution >= 4 is 21.1 Å². The molecule has 0 aliphatic carbocycles. The first-order valence-corrected chi connectivity index (χ1v) is 10.5. The number of aliphatic hydroxyl groups is 1. The van der Waals surface area contributed by atoms with Crippen molar-refractivity contribution in [3.63, 3.8) is 0 Å². The number of primary sulfonamides is 1. The van der Waals surface area contributed by atoms with Gasteiger partial charge in [-0.15, -0.1) is 0 Å². The standard InChI is InChI=1S/C21H20N4O3S/c1-14-7-6-12-23-19(14)21(26,15-8-4-3-5-9-15)20-24-17-11-10-16(29(22,27)28)13-18(17)25(20)2/h3-13,26H,1-2H3,(H2,22,27,28). The first kappa shape index (κ1) is 19.3. The third-order valence-corrected chi connectivity index (χ3v) is 5.96. The predicted octanol–water partition coefficient (Wildman–Crippen LogP) is 2.21. The molecule has 0 aliphatic rings. The van der Waals surface area contributed by atoms with E-state index in [0.29, 0.717) is 28.1 Å². The summed E-state index contributed by atoms with van der Waals surface area (Å²) in [5.74, 6) is 0.326. The second-order valence-electron chi connectivity index (χ2n) is 6.94. The minimum Gasteiger partial charge on any atom is -0.372 e. The van der Waals surface area contributed by atoms with Gasteiger partial charge in [-0.2, -0.15) is 0 Å². The Labute approximate surface area is 168 Å². The largest absolute Gasteiger partial charge is 0.372 e. The van der Waals surface area contributed by atoms with Crippen LogP contribution in [0.25, 0.3) is 11.0 Å². The summed E-state index contributed by atoms with van der Waals surface area (Å²) in [5, 5.41) is 17.3. The summed E-state index contributed by atoms with van der Waals surface area (Å²) in [6.07, 6.45) is 1.62. The van der Waals surface area contributed by atoms with Crippen LogP contribution < -0.4 is 5.14 Å². The molecule has 148 valence electrons. The van der Waals surface area contributed by atoms with Crippen LogP contribution >= 0.6 is 0 Å². The topological polar surface area (TPSA) is 111 Å². The van der Waals surface area contributed by atoms with Crippen LogP contribution in [0.4, 0.5) is 0 Å². The molecule has 7 nitrogen and oxygen atoms in total. The lowest BCUT2D eigenvalue weighted by Gasteiger charge is -2.29. The molecule has 0 saturated heterocycles. The zero-order valence-electron chi connectivity index (χ0n) is 15.9. The summed E-state index contributed by atoms with van der Waals surface area (Å²) < 4.78 is 25.2. The number of imidazole rings is 1. The van der Waals surface area contributed by atoms with Gasteiger partial charge in [0, 0.05) is 13.2 Å². The van der Waals surface area contributed by atoms with E-state index in [1.807, 2.05) is 43.3 Å². The van der Waals surface area contributed by atoms with Gasteiger partial charge in [0.15, 0.2) is 11.4 Å². The van der Waals surface area contributed by atoms with Gasteiger partial charge in [0.05, 0.1) is 21.6 Å². The summed E-state index contributed by atoms with van der Waals surface area (Å²) in [7, 11) is -2.14. The second kappa shape index (κ2) is 6.77. The molecule has 1 unspecified atom stereocenters. The third kappa shape index (κ3) is 3.11. The summed E-state index contributed by atoms with van der Waals surface area (Å²) in [5.41, 5.74) is 1.30. The highest BCUT2D eigenvalue weighted by Gasteiger charge is 2.41. The van der Waals surface area contributed by atoms with Crippen molar-refractivity contribution in [2.45, 2.75) is 17.4 Å². The Morgan fingerprint density at radius 1 is 1.07 bits per heavy atom. The average Bonchev–Trinajstić information content (AvgIpc) is 3.04. The molecular formula is C21H20N4O3S. The Kier molecular flexibility index (Phi) is 4.49. The van der Waals surface area contributed by atoms with Crippen LogP contribution in [0.2, 0.25) is 0 Å². The number of pyridine rings is 1. The van der Waals surface area contributed by atoms with Crippen molar-refractivity contribution < 1.29 is 13.5 Å². The molecule has 8 heteroatoms.